The lowest BCUT2D eigenvalue weighted by atomic mass is 10.0. The van der Waals surface area contributed by atoms with Crippen molar-refractivity contribution < 1.29 is 9.53 Å². The fraction of sp³-hybridized carbons (Fsp3) is 0.619. The average molecular weight is 517 g/mol. The molecule has 29 heavy (non-hydrogen) atoms. The van der Waals surface area contributed by atoms with Crippen molar-refractivity contribution in [3.63, 3.8) is 0 Å². The highest BCUT2D eigenvalue weighted by Gasteiger charge is 2.23. The van der Waals surface area contributed by atoms with Crippen molar-refractivity contribution in [1.82, 2.24) is 20.9 Å². The summed E-state index contributed by atoms with van der Waals surface area (Å²) < 4.78 is 5.47. The summed E-state index contributed by atoms with van der Waals surface area (Å²) in [5.74, 6) is 1.25. The van der Waals surface area contributed by atoms with Crippen LogP contribution < -0.4 is 16.0 Å². The quantitative estimate of drug-likeness (QED) is 0.202. The van der Waals surface area contributed by atoms with E-state index in [2.05, 4.69) is 41.6 Å². The predicted molar refractivity (Wildman–Crippen MR) is 129 cm³/mol. The van der Waals surface area contributed by atoms with Crippen LogP contribution in [0.1, 0.15) is 31.1 Å². The number of halogens is 1. The summed E-state index contributed by atoms with van der Waals surface area (Å²) in [5.41, 5.74) is 0.674. The molecular formula is C21H36IN5O2. The van der Waals surface area contributed by atoms with Crippen molar-refractivity contribution in [1.29, 1.82) is 0 Å². The zero-order chi connectivity index (χ0) is 20.2. The molecule has 1 aliphatic heterocycles. The Morgan fingerprint density at radius 1 is 1.10 bits per heavy atom. The van der Waals surface area contributed by atoms with Crippen LogP contribution in [0.5, 0.6) is 0 Å². The molecule has 1 aromatic carbocycles. The van der Waals surface area contributed by atoms with E-state index in [0.29, 0.717) is 30.6 Å². The minimum atomic E-state index is -0.0588. The first kappa shape index (κ1) is 25.6. The molecule has 0 bridgehead atoms. The Labute approximate surface area is 192 Å². The number of hydrogen-bond donors (Lipinski definition) is 3. The van der Waals surface area contributed by atoms with Crippen molar-refractivity contribution in [2.45, 2.75) is 26.8 Å². The molecule has 2 rings (SSSR count). The van der Waals surface area contributed by atoms with Gasteiger partial charge in [-0.25, -0.2) is 0 Å². The number of carbonyl (C=O) groups excluding carboxylic acids is 1. The number of amides is 1. The maximum atomic E-state index is 12.1. The van der Waals surface area contributed by atoms with Crippen LogP contribution >= 0.6 is 24.0 Å². The Hall–Kier alpha value is -1.39. The summed E-state index contributed by atoms with van der Waals surface area (Å²) in [6.07, 6.45) is 0. The van der Waals surface area contributed by atoms with Crippen LogP contribution in [-0.2, 0) is 4.74 Å². The Morgan fingerprint density at radius 2 is 1.76 bits per heavy atom. The Kier molecular flexibility index (Phi) is 12.9. The molecule has 1 amide bonds. The predicted octanol–water partition coefficient (Wildman–Crippen LogP) is 1.95. The van der Waals surface area contributed by atoms with Crippen LogP contribution in [0.3, 0.4) is 0 Å². The number of benzene rings is 1. The monoisotopic (exact) mass is 517 g/mol. The van der Waals surface area contributed by atoms with Crippen molar-refractivity contribution >= 4 is 35.8 Å². The number of guanidine groups is 1. The molecule has 0 spiro atoms. The van der Waals surface area contributed by atoms with Gasteiger partial charge in [-0.1, -0.05) is 32.0 Å². The smallest absolute Gasteiger partial charge is 0.251 e. The molecule has 0 radical (unpaired) electrons. The molecule has 8 heteroatoms. The van der Waals surface area contributed by atoms with Gasteiger partial charge < -0.3 is 20.7 Å². The summed E-state index contributed by atoms with van der Waals surface area (Å²) in [6.45, 7) is 12.8. The van der Waals surface area contributed by atoms with Gasteiger partial charge in [0.15, 0.2) is 5.96 Å². The number of aliphatic imine (C=N–C) groups is 1. The zero-order valence-corrected chi connectivity index (χ0v) is 20.1. The van der Waals surface area contributed by atoms with Gasteiger partial charge in [-0.3, -0.25) is 14.7 Å². The molecule has 1 unspecified atom stereocenters. The number of ether oxygens (including phenoxy) is 1. The van der Waals surface area contributed by atoms with Crippen molar-refractivity contribution in [3.8, 4) is 0 Å². The SMILES string of the molecule is CCNC(=NCC(C(C)C)N1CCOCC1)NCCNC(=O)c1ccccc1.I. The van der Waals surface area contributed by atoms with Gasteiger partial charge in [0, 0.05) is 44.3 Å². The van der Waals surface area contributed by atoms with Crippen LogP contribution in [0.4, 0.5) is 0 Å². The first-order valence-corrected chi connectivity index (χ1v) is 10.3. The molecule has 0 saturated carbocycles. The molecule has 1 aromatic rings. The van der Waals surface area contributed by atoms with E-state index in [-0.39, 0.29) is 29.9 Å². The highest BCUT2D eigenvalue weighted by atomic mass is 127. The highest BCUT2D eigenvalue weighted by Crippen LogP contribution is 2.13. The molecule has 3 N–H and O–H groups in total. The van der Waals surface area contributed by atoms with Crippen LogP contribution in [0, 0.1) is 5.92 Å². The zero-order valence-electron chi connectivity index (χ0n) is 17.8. The van der Waals surface area contributed by atoms with Gasteiger partial charge in [0.25, 0.3) is 5.91 Å². The Bertz CT molecular complexity index is 606. The lowest BCUT2D eigenvalue weighted by molar-refractivity contribution is 0.00867. The lowest BCUT2D eigenvalue weighted by Crippen LogP contribution is -2.48. The second-order valence-electron chi connectivity index (χ2n) is 7.23. The molecule has 1 aliphatic rings. The summed E-state index contributed by atoms with van der Waals surface area (Å²) in [4.78, 5) is 19.3. The minimum absolute atomic E-state index is 0. The molecule has 1 fully saturated rings. The van der Waals surface area contributed by atoms with Crippen LogP contribution in [0.15, 0.2) is 35.3 Å². The molecule has 164 valence electrons. The van der Waals surface area contributed by atoms with E-state index < -0.39 is 0 Å². The third-order valence-electron chi connectivity index (χ3n) is 4.80. The number of nitrogens with zero attached hydrogens (tertiary/aromatic N) is 2. The minimum Gasteiger partial charge on any atom is -0.379 e. The lowest BCUT2D eigenvalue weighted by Gasteiger charge is -2.36. The maximum absolute atomic E-state index is 12.1. The second kappa shape index (κ2) is 14.6. The van der Waals surface area contributed by atoms with Gasteiger partial charge >= 0.3 is 0 Å². The number of morpholine rings is 1. The number of hydrogen-bond acceptors (Lipinski definition) is 4. The first-order chi connectivity index (χ1) is 13.6. The number of carbonyl (C=O) groups is 1. The fourth-order valence-corrected chi connectivity index (χ4v) is 3.23. The number of nitrogens with one attached hydrogen (secondary N) is 3. The fourth-order valence-electron chi connectivity index (χ4n) is 3.23. The normalized spacial score (nSPS) is 16.1. The number of rotatable bonds is 9. The van der Waals surface area contributed by atoms with E-state index in [1.807, 2.05) is 30.3 Å². The van der Waals surface area contributed by atoms with Gasteiger partial charge in [0.05, 0.1) is 19.8 Å². The van der Waals surface area contributed by atoms with Crippen molar-refractivity contribution in [2.24, 2.45) is 10.9 Å². The van der Waals surface area contributed by atoms with Gasteiger partial charge in [-0.2, -0.15) is 0 Å². The van der Waals surface area contributed by atoms with Crippen LogP contribution in [-0.4, -0.2) is 75.3 Å². The van der Waals surface area contributed by atoms with Crippen molar-refractivity contribution in [2.75, 3.05) is 52.5 Å². The summed E-state index contributed by atoms with van der Waals surface area (Å²) in [6, 6.07) is 9.65. The third kappa shape index (κ3) is 9.31. The first-order valence-electron chi connectivity index (χ1n) is 10.3. The highest BCUT2D eigenvalue weighted by molar-refractivity contribution is 14.0. The average Bonchev–Trinajstić information content (AvgIpc) is 2.72. The molecule has 7 nitrogen and oxygen atoms in total. The van der Waals surface area contributed by atoms with E-state index in [1.54, 1.807) is 0 Å². The standard InChI is InChI=1S/C21H35N5O2.HI/c1-4-22-21(24-11-10-23-20(27)18-8-6-5-7-9-18)25-16-19(17(2)3)26-12-14-28-15-13-26;/h5-9,17,19H,4,10-16H2,1-3H3,(H,23,27)(H2,22,24,25);1H. The van der Waals surface area contributed by atoms with E-state index in [1.165, 1.54) is 0 Å². The van der Waals surface area contributed by atoms with E-state index in [4.69, 9.17) is 9.73 Å². The van der Waals surface area contributed by atoms with Crippen LogP contribution in [0.2, 0.25) is 0 Å². The summed E-state index contributed by atoms with van der Waals surface area (Å²) >= 11 is 0. The second-order valence-corrected chi connectivity index (χ2v) is 7.23. The molecular weight excluding hydrogens is 481 g/mol. The van der Waals surface area contributed by atoms with E-state index >= 15 is 0 Å². The third-order valence-corrected chi connectivity index (χ3v) is 4.80. The van der Waals surface area contributed by atoms with Gasteiger partial charge in [0.2, 0.25) is 0 Å². The topological polar surface area (TPSA) is 78.0 Å². The summed E-state index contributed by atoms with van der Waals surface area (Å²) in [5, 5.41) is 9.51. The molecule has 1 heterocycles. The van der Waals surface area contributed by atoms with Crippen molar-refractivity contribution in [3.05, 3.63) is 35.9 Å². The van der Waals surface area contributed by atoms with Gasteiger partial charge in [0.1, 0.15) is 0 Å². The Balaban J connectivity index is 0.00000420. The molecule has 0 aromatic heterocycles. The van der Waals surface area contributed by atoms with E-state index in [9.17, 15) is 4.79 Å². The Morgan fingerprint density at radius 3 is 2.38 bits per heavy atom. The summed E-state index contributed by atoms with van der Waals surface area (Å²) in [7, 11) is 0. The molecule has 1 atom stereocenters. The van der Waals surface area contributed by atoms with Crippen LogP contribution in [0.25, 0.3) is 0 Å². The van der Waals surface area contributed by atoms with Gasteiger partial charge in [-0.15, -0.1) is 24.0 Å². The maximum Gasteiger partial charge on any atom is 0.251 e. The van der Waals surface area contributed by atoms with Gasteiger partial charge in [-0.05, 0) is 25.0 Å². The molecule has 1 saturated heterocycles. The van der Waals surface area contributed by atoms with E-state index in [0.717, 1.165) is 45.4 Å². The molecule has 0 aliphatic carbocycles. The largest absolute Gasteiger partial charge is 0.379 e.